The van der Waals surface area contributed by atoms with Crippen molar-refractivity contribution in [1.29, 1.82) is 0 Å². The van der Waals surface area contributed by atoms with E-state index in [1.54, 1.807) is 23.5 Å². The number of aryl methyl sites for hydroxylation is 1. The molecule has 1 aromatic heterocycles. The van der Waals surface area contributed by atoms with Crippen LogP contribution in [0.2, 0.25) is 0 Å². The molecule has 7 nitrogen and oxygen atoms in total. The average molecular weight is 419 g/mol. The number of nitrogens with one attached hydrogen (secondary N) is 1. The van der Waals surface area contributed by atoms with Crippen LogP contribution in [0.4, 0.5) is 11.4 Å². The maximum Gasteiger partial charge on any atom is 0.310 e. The lowest BCUT2D eigenvalue weighted by molar-refractivity contribution is -0.385. The number of hydrogen-bond donors (Lipinski definition) is 1. The molecule has 0 saturated carbocycles. The van der Waals surface area contributed by atoms with Gasteiger partial charge in [-0.3, -0.25) is 14.9 Å². The summed E-state index contributed by atoms with van der Waals surface area (Å²) < 4.78 is 6.46. The molecule has 0 unspecified atom stereocenters. The van der Waals surface area contributed by atoms with Gasteiger partial charge in [-0.15, -0.1) is 11.3 Å². The normalized spacial score (nSPS) is 10.7. The van der Waals surface area contributed by atoms with Gasteiger partial charge in [-0.25, -0.2) is 4.98 Å². The van der Waals surface area contributed by atoms with Crippen LogP contribution in [0.25, 0.3) is 20.8 Å². The van der Waals surface area contributed by atoms with Gasteiger partial charge in [0.05, 0.1) is 15.1 Å². The molecular weight excluding hydrogens is 402 g/mol. The van der Waals surface area contributed by atoms with E-state index in [0.717, 1.165) is 26.4 Å². The molecule has 0 bridgehead atoms. The third kappa shape index (κ3) is 4.13. The third-order valence-electron chi connectivity index (χ3n) is 4.47. The number of para-hydroxylation sites is 3. The number of ether oxygens (including phenoxy) is 1. The number of nitrogens with zero attached hydrogens (tertiary/aromatic N) is 2. The minimum absolute atomic E-state index is 0.0533. The molecule has 0 saturated heterocycles. The van der Waals surface area contributed by atoms with Crippen molar-refractivity contribution < 1.29 is 14.5 Å². The van der Waals surface area contributed by atoms with E-state index < -0.39 is 10.8 Å². The lowest BCUT2D eigenvalue weighted by Gasteiger charge is -2.11. The highest BCUT2D eigenvalue weighted by Gasteiger charge is 2.16. The van der Waals surface area contributed by atoms with Gasteiger partial charge in [0, 0.05) is 17.3 Å². The smallest absolute Gasteiger partial charge is 0.310 e. The fourth-order valence-electron chi connectivity index (χ4n) is 2.95. The van der Waals surface area contributed by atoms with Gasteiger partial charge in [-0.2, -0.15) is 0 Å². The van der Waals surface area contributed by atoms with E-state index in [9.17, 15) is 14.9 Å². The number of thiazole rings is 1. The molecule has 0 fully saturated rings. The number of anilines is 1. The van der Waals surface area contributed by atoms with E-state index in [1.807, 2.05) is 49.4 Å². The van der Waals surface area contributed by atoms with E-state index >= 15 is 0 Å². The fourth-order valence-corrected chi connectivity index (χ4v) is 3.91. The first kappa shape index (κ1) is 19.5. The first-order valence-electron chi connectivity index (χ1n) is 9.14. The number of carbonyl (C=O) groups is 1. The first-order valence-corrected chi connectivity index (χ1v) is 9.95. The van der Waals surface area contributed by atoms with Gasteiger partial charge in [0.25, 0.3) is 5.91 Å². The molecule has 1 N–H and O–H groups in total. The van der Waals surface area contributed by atoms with Crippen LogP contribution >= 0.6 is 11.3 Å². The lowest BCUT2D eigenvalue weighted by atomic mass is 10.1. The molecular formula is C22H17N3O4S. The average Bonchev–Trinajstić information content (AvgIpc) is 3.18. The van der Waals surface area contributed by atoms with Crippen LogP contribution in [0.3, 0.4) is 0 Å². The second-order valence-electron chi connectivity index (χ2n) is 6.58. The van der Waals surface area contributed by atoms with Crippen molar-refractivity contribution in [2.75, 3.05) is 11.9 Å². The molecule has 0 atom stereocenters. The van der Waals surface area contributed by atoms with Gasteiger partial charge in [0.15, 0.2) is 12.4 Å². The molecule has 1 amide bonds. The second kappa shape index (κ2) is 8.30. The van der Waals surface area contributed by atoms with Crippen molar-refractivity contribution >= 4 is 38.8 Å². The van der Waals surface area contributed by atoms with Crippen molar-refractivity contribution in [1.82, 2.24) is 4.98 Å². The number of carbonyl (C=O) groups excluding carboxylic acids is 1. The molecule has 150 valence electrons. The lowest BCUT2D eigenvalue weighted by Crippen LogP contribution is -2.21. The molecule has 30 heavy (non-hydrogen) atoms. The zero-order chi connectivity index (χ0) is 21.1. The van der Waals surface area contributed by atoms with Gasteiger partial charge in [-0.1, -0.05) is 36.4 Å². The Morgan fingerprint density at radius 1 is 1.13 bits per heavy atom. The Kier molecular flexibility index (Phi) is 5.40. The highest BCUT2D eigenvalue weighted by atomic mass is 32.1. The van der Waals surface area contributed by atoms with E-state index in [1.165, 1.54) is 12.1 Å². The standard InChI is InChI=1S/C22H17N3O4S/c1-14-10-11-15(22-24-16-6-2-5-9-20(16)30-22)12-17(14)23-21(26)13-29-19-8-4-3-7-18(19)25(27)28/h2-12H,13H2,1H3,(H,23,26). The van der Waals surface area contributed by atoms with E-state index in [-0.39, 0.29) is 18.0 Å². The summed E-state index contributed by atoms with van der Waals surface area (Å²) in [7, 11) is 0. The number of aromatic nitrogens is 1. The fraction of sp³-hybridized carbons (Fsp3) is 0.0909. The number of benzene rings is 3. The van der Waals surface area contributed by atoms with E-state index in [2.05, 4.69) is 10.3 Å². The number of amides is 1. The van der Waals surface area contributed by atoms with Crippen LogP contribution in [0.5, 0.6) is 5.75 Å². The number of nitro groups is 1. The number of fused-ring (bicyclic) bond motifs is 1. The third-order valence-corrected chi connectivity index (χ3v) is 5.56. The van der Waals surface area contributed by atoms with Crippen LogP contribution in [-0.2, 0) is 4.79 Å². The summed E-state index contributed by atoms with van der Waals surface area (Å²) in [5.74, 6) is -0.352. The predicted octanol–water partition coefficient (Wildman–Crippen LogP) is 5.20. The zero-order valence-corrected chi connectivity index (χ0v) is 16.8. The number of rotatable bonds is 6. The number of hydrogen-bond acceptors (Lipinski definition) is 6. The second-order valence-corrected chi connectivity index (χ2v) is 7.61. The molecule has 4 aromatic rings. The Balaban J connectivity index is 1.50. The highest BCUT2D eigenvalue weighted by Crippen LogP contribution is 2.32. The summed E-state index contributed by atoms with van der Waals surface area (Å²) >= 11 is 1.58. The molecule has 0 spiro atoms. The number of nitro benzene ring substituents is 1. The van der Waals surface area contributed by atoms with E-state index in [4.69, 9.17) is 4.74 Å². The largest absolute Gasteiger partial charge is 0.477 e. The van der Waals surface area contributed by atoms with Crippen molar-refractivity contribution in [3.8, 4) is 16.3 Å². The molecule has 0 radical (unpaired) electrons. The van der Waals surface area contributed by atoms with Gasteiger partial charge in [-0.05, 0) is 36.8 Å². The summed E-state index contributed by atoms with van der Waals surface area (Å²) in [4.78, 5) is 27.6. The summed E-state index contributed by atoms with van der Waals surface area (Å²) in [5, 5.41) is 14.7. The topological polar surface area (TPSA) is 94.4 Å². The van der Waals surface area contributed by atoms with Crippen molar-refractivity contribution in [3.05, 3.63) is 82.4 Å². The zero-order valence-electron chi connectivity index (χ0n) is 16.0. The van der Waals surface area contributed by atoms with Crippen LogP contribution in [0.15, 0.2) is 66.7 Å². The predicted molar refractivity (Wildman–Crippen MR) is 117 cm³/mol. The van der Waals surface area contributed by atoms with Crippen LogP contribution in [0, 0.1) is 17.0 Å². The minimum Gasteiger partial charge on any atom is -0.477 e. The van der Waals surface area contributed by atoms with Gasteiger partial charge < -0.3 is 10.1 Å². The van der Waals surface area contributed by atoms with E-state index in [0.29, 0.717) is 5.69 Å². The molecule has 1 heterocycles. The molecule has 8 heteroatoms. The SMILES string of the molecule is Cc1ccc(-c2nc3ccccc3s2)cc1NC(=O)COc1ccccc1[N+](=O)[O-]. The minimum atomic E-state index is -0.543. The van der Waals surface area contributed by atoms with Crippen molar-refractivity contribution in [3.63, 3.8) is 0 Å². The summed E-state index contributed by atoms with van der Waals surface area (Å²) in [6, 6.07) is 19.6. The Morgan fingerprint density at radius 3 is 2.70 bits per heavy atom. The van der Waals surface area contributed by atoms with Crippen LogP contribution in [0.1, 0.15) is 5.56 Å². The Bertz CT molecular complexity index is 1220. The maximum absolute atomic E-state index is 12.4. The summed E-state index contributed by atoms with van der Waals surface area (Å²) in [5.41, 5.74) is 3.18. The molecule has 0 aliphatic carbocycles. The Morgan fingerprint density at radius 2 is 1.90 bits per heavy atom. The van der Waals surface area contributed by atoms with Crippen LogP contribution < -0.4 is 10.1 Å². The molecule has 4 rings (SSSR count). The van der Waals surface area contributed by atoms with Crippen molar-refractivity contribution in [2.45, 2.75) is 6.92 Å². The summed E-state index contributed by atoms with van der Waals surface area (Å²) in [6.07, 6.45) is 0. The monoisotopic (exact) mass is 419 g/mol. The highest BCUT2D eigenvalue weighted by molar-refractivity contribution is 7.21. The van der Waals surface area contributed by atoms with Gasteiger partial charge in [0.2, 0.25) is 0 Å². The first-order chi connectivity index (χ1) is 14.5. The molecule has 0 aliphatic rings. The Labute approximate surface area is 176 Å². The van der Waals surface area contributed by atoms with Gasteiger partial charge >= 0.3 is 5.69 Å². The Hall–Kier alpha value is -3.78. The van der Waals surface area contributed by atoms with Crippen LogP contribution in [-0.4, -0.2) is 22.4 Å². The van der Waals surface area contributed by atoms with Crippen molar-refractivity contribution in [2.24, 2.45) is 0 Å². The maximum atomic E-state index is 12.4. The van der Waals surface area contributed by atoms with Gasteiger partial charge in [0.1, 0.15) is 5.01 Å². The summed E-state index contributed by atoms with van der Waals surface area (Å²) in [6.45, 7) is 1.55. The molecule has 3 aromatic carbocycles. The quantitative estimate of drug-likeness (QED) is 0.342. The molecule has 0 aliphatic heterocycles.